The van der Waals surface area contributed by atoms with Crippen LogP contribution >= 0.6 is 24.0 Å². The van der Waals surface area contributed by atoms with E-state index in [9.17, 15) is 0 Å². The second kappa shape index (κ2) is 11.8. The van der Waals surface area contributed by atoms with Crippen molar-refractivity contribution in [3.63, 3.8) is 0 Å². The van der Waals surface area contributed by atoms with Crippen molar-refractivity contribution in [2.45, 2.75) is 39.3 Å². The lowest BCUT2D eigenvalue weighted by Gasteiger charge is -2.35. The second-order valence-corrected chi connectivity index (χ2v) is 6.73. The van der Waals surface area contributed by atoms with Crippen molar-refractivity contribution < 1.29 is 4.74 Å². The molecule has 7 nitrogen and oxygen atoms in total. The van der Waals surface area contributed by atoms with Gasteiger partial charge in [0.1, 0.15) is 6.10 Å². The minimum absolute atomic E-state index is 0. The summed E-state index contributed by atoms with van der Waals surface area (Å²) in [5.74, 6) is 0.984. The van der Waals surface area contributed by atoms with Crippen molar-refractivity contribution in [3.05, 3.63) is 18.0 Å². The molecule has 1 aliphatic rings. The molecule has 1 fully saturated rings. The first-order valence-electron chi connectivity index (χ1n) is 9.38. The van der Waals surface area contributed by atoms with Gasteiger partial charge in [0.25, 0.3) is 0 Å². The number of aromatic nitrogens is 2. The van der Waals surface area contributed by atoms with Crippen molar-refractivity contribution >= 4 is 29.9 Å². The second-order valence-electron chi connectivity index (χ2n) is 6.73. The van der Waals surface area contributed by atoms with Crippen molar-refractivity contribution in [2.24, 2.45) is 12.0 Å². The van der Waals surface area contributed by atoms with E-state index in [0.29, 0.717) is 12.6 Å². The largest absolute Gasteiger partial charge is 0.370 e. The fraction of sp³-hybridized carbons (Fsp3) is 0.778. The molecule has 0 aromatic carbocycles. The summed E-state index contributed by atoms with van der Waals surface area (Å²) < 4.78 is 7.76. The Hall–Kier alpha value is -0.870. The maximum Gasteiger partial charge on any atom is 0.194 e. The standard InChI is InChI=1S/C18H34N6O.HI/c1-6-15(3)22(4)9-8-20-18(19-7-2)24-10-11-25-17(14-24)16-12-21-23(5)13-16;/h12-13,15,17H,6-11,14H2,1-5H3,(H,19,20);1H. The van der Waals surface area contributed by atoms with Crippen LogP contribution in [0, 0.1) is 0 Å². The molecule has 2 unspecified atom stereocenters. The van der Waals surface area contributed by atoms with Crippen molar-refractivity contribution in [1.82, 2.24) is 24.9 Å². The number of hydrogen-bond donors (Lipinski definition) is 1. The van der Waals surface area contributed by atoms with Crippen LogP contribution in [0.5, 0.6) is 0 Å². The van der Waals surface area contributed by atoms with Gasteiger partial charge in [0.05, 0.1) is 25.9 Å². The van der Waals surface area contributed by atoms with E-state index in [2.05, 4.69) is 48.0 Å². The number of nitrogens with one attached hydrogen (secondary N) is 1. The lowest BCUT2D eigenvalue weighted by molar-refractivity contribution is -0.00805. The molecule has 1 aromatic heterocycles. The molecular weight excluding hydrogens is 443 g/mol. The van der Waals surface area contributed by atoms with Crippen molar-refractivity contribution in [3.8, 4) is 0 Å². The van der Waals surface area contributed by atoms with E-state index in [1.165, 1.54) is 0 Å². The van der Waals surface area contributed by atoms with Crippen LogP contribution in [0.3, 0.4) is 0 Å². The van der Waals surface area contributed by atoms with Gasteiger partial charge in [-0.05, 0) is 27.3 Å². The molecule has 1 aliphatic heterocycles. The Balaban J connectivity index is 0.00000338. The molecule has 0 radical (unpaired) electrons. The highest BCUT2D eigenvalue weighted by atomic mass is 127. The molecule has 1 saturated heterocycles. The third-order valence-electron chi connectivity index (χ3n) is 4.86. The highest BCUT2D eigenvalue weighted by Crippen LogP contribution is 2.21. The van der Waals surface area contributed by atoms with E-state index in [-0.39, 0.29) is 30.1 Å². The fourth-order valence-corrected chi connectivity index (χ4v) is 2.92. The number of aryl methyl sites for hydroxylation is 1. The van der Waals surface area contributed by atoms with Crippen LogP contribution in [0.4, 0.5) is 0 Å². The van der Waals surface area contributed by atoms with Crippen LogP contribution in [0.15, 0.2) is 17.4 Å². The Morgan fingerprint density at radius 2 is 2.27 bits per heavy atom. The maximum absolute atomic E-state index is 5.94. The third kappa shape index (κ3) is 6.70. The average Bonchev–Trinajstić information content (AvgIpc) is 3.06. The number of guanidine groups is 1. The van der Waals surface area contributed by atoms with E-state index in [1.54, 1.807) is 0 Å². The first-order chi connectivity index (χ1) is 12.0. The molecule has 2 atom stereocenters. The summed E-state index contributed by atoms with van der Waals surface area (Å²) in [5, 5.41) is 7.69. The number of morpholine rings is 1. The van der Waals surface area contributed by atoms with Gasteiger partial charge >= 0.3 is 0 Å². The molecule has 150 valence electrons. The number of rotatable bonds is 7. The number of halogens is 1. The van der Waals surface area contributed by atoms with Gasteiger partial charge < -0.3 is 19.9 Å². The molecule has 1 N–H and O–H groups in total. The third-order valence-corrected chi connectivity index (χ3v) is 4.86. The van der Waals surface area contributed by atoms with E-state index < -0.39 is 0 Å². The molecule has 0 spiro atoms. The molecule has 0 bridgehead atoms. The van der Waals surface area contributed by atoms with Gasteiger partial charge in [0.15, 0.2) is 5.96 Å². The summed E-state index contributed by atoms with van der Waals surface area (Å²) in [6.45, 7) is 11.6. The summed E-state index contributed by atoms with van der Waals surface area (Å²) in [6, 6.07) is 0.594. The van der Waals surface area contributed by atoms with Crippen LogP contribution in [-0.4, -0.2) is 78.0 Å². The highest BCUT2D eigenvalue weighted by molar-refractivity contribution is 14.0. The predicted molar refractivity (Wildman–Crippen MR) is 117 cm³/mol. The Bertz CT molecular complexity index is 550. The minimum atomic E-state index is 0. The van der Waals surface area contributed by atoms with Crippen LogP contribution in [0.1, 0.15) is 38.9 Å². The average molecular weight is 478 g/mol. The number of hydrogen-bond acceptors (Lipinski definition) is 4. The van der Waals surface area contributed by atoms with Gasteiger partial charge in [-0.25, -0.2) is 0 Å². The van der Waals surface area contributed by atoms with Gasteiger partial charge in [-0.1, -0.05) is 6.92 Å². The lowest BCUT2D eigenvalue weighted by atomic mass is 10.1. The Kier molecular flexibility index (Phi) is 10.5. The van der Waals surface area contributed by atoms with Crippen LogP contribution in [0.2, 0.25) is 0 Å². The van der Waals surface area contributed by atoms with Gasteiger partial charge in [0, 0.05) is 44.5 Å². The molecule has 0 amide bonds. The van der Waals surface area contributed by atoms with E-state index >= 15 is 0 Å². The molecule has 0 aliphatic carbocycles. The molecule has 8 heteroatoms. The van der Waals surface area contributed by atoms with Crippen LogP contribution in [-0.2, 0) is 11.8 Å². The molecule has 26 heavy (non-hydrogen) atoms. The minimum Gasteiger partial charge on any atom is -0.370 e. The SMILES string of the molecule is CCNC(=NCCN(C)C(C)CC)N1CCOC(c2cnn(C)c2)C1.I. The number of ether oxygens (including phenoxy) is 1. The van der Waals surface area contributed by atoms with E-state index in [0.717, 1.165) is 50.7 Å². The zero-order valence-corrected chi connectivity index (χ0v) is 19.1. The van der Waals surface area contributed by atoms with Crippen molar-refractivity contribution in [2.75, 3.05) is 46.4 Å². The predicted octanol–water partition coefficient (Wildman–Crippen LogP) is 2.11. The molecule has 0 saturated carbocycles. The molecular formula is C18H35IN6O. The summed E-state index contributed by atoms with van der Waals surface area (Å²) in [5.41, 5.74) is 1.12. The van der Waals surface area contributed by atoms with Crippen LogP contribution < -0.4 is 5.32 Å². The zero-order chi connectivity index (χ0) is 18.2. The summed E-state index contributed by atoms with van der Waals surface area (Å²) in [4.78, 5) is 9.51. The van der Waals surface area contributed by atoms with Crippen LogP contribution in [0.25, 0.3) is 0 Å². The number of likely N-dealkylation sites (N-methyl/N-ethyl adjacent to an activating group) is 1. The smallest absolute Gasteiger partial charge is 0.194 e. The Labute approximate surface area is 175 Å². The molecule has 2 rings (SSSR count). The zero-order valence-electron chi connectivity index (χ0n) is 16.8. The summed E-state index contributed by atoms with van der Waals surface area (Å²) in [7, 11) is 4.10. The van der Waals surface area contributed by atoms with E-state index in [1.807, 2.05) is 24.1 Å². The number of aliphatic imine (C=N–C) groups is 1. The van der Waals surface area contributed by atoms with Gasteiger partial charge in [-0.2, -0.15) is 5.10 Å². The monoisotopic (exact) mass is 478 g/mol. The van der Waals surface area contributed by atoms with Gasteiger partial charge in [0.2, 0.25) is 0 Å². The topological polar surface area (TPSA) is 57.9 Å². The number of nitrogens with zero attached hydrogens (tertiary/aromatic N) is 5. The summed E-state index contributed by atoms with van der Waals surface area (Å²) in [6.07, 6.45) is 5.13. The summed E-state index contributed by atoms with van der Waals surface area (Å²) >= 11 is 0. The molecule has 2 heterocycles. The Morgan fingerprint density at radius 3 is 2.88 bits per heavy atom. The maximum atomic E-state index is 5.94. The molecule has 1 aromatic rings. The lowest BCUT2D eigenvalue weighted by Crippen LogP contribution is -2.48. The normalized spacial score (nSPS) is 19.4. The first-order valence-corrected chi connectivity index (χ1v) is 9.38. The first kappa shape index (κ1) is 23.2. The quantitative estimate of drug-likeness (QED) is 0.370. The van der Waals surface area contributed by atoms with Gasteiger partial charge in [-0.15, -0.1) is 24.0 Å². The van der Waals surface area contributed by atoms with E-state index in [4.69, 9.17) is 9.73 Å². The Morgan fingerprint density at radius 1 is 1.50 bits per heavy atom. The fourth-order valence-electron chi connectivity index (χ4n) is 2.92. The highest BCUT2D eigenvalue weighted by Gasteiger charge is 2.25. The van der Waals surface area contributed by atoms with Crippen molar-refractivity contribution in [1.29, 1.82) is 0 Å². The van der Waals surface area contributed by atoms with Gasteiger partial charge in [-0.3, -0.25) is 9.67 Å².